The first-order valence-electron chi connectivity index (χ1n) is 42.5. The lowest BCUT2D eigenvalue weighted by molar-refractivity contribution is 0.290. The van der Waals surface area contributed by atoms with Gasteiger partial charge in [0.1, 0.15) is 36.2 Å². The number of hydrogen-bond donors (Lipinski definition) is 0. The number of aromatic nitrogens is 4. The third kappa shape index (κ3) is 31.5. The van der Waals surface area contributed by atoms with Gasteiger partial charge in [-0.05, 0) is 155 Å². The number of unbranched alkanes of at least 4 members (excludes halogenated alkanes) is 34. The molecule has 0 amide bonds. The highest BCUT2D eigenvalue weighted by Gasteiger charge is 2.23. The van der Waals surface area contributed by atoms with Crippen molar-refractivity contribution in [1.82, 2.24) is 19.9 Å². The van der Waals surface area contributed by atoms with E-state index in [0.29, 0.717) is 52.1 Å². The number of rotatable bonds is 56. The van der Waals surface area contributed by atoms with Crippen LogP contribution in [0.3, 0.4) is 0 Å². The van der Waals surface area contributed by atoms with Gasteiger partial charge in [-0.15, -0.1) is 0 Å². The zero-order chi connectivity index (χ0) is 73.2. The summed E-state index contributed by atoms with van der Waals surface area (Å²) in [4.78, 5) is 19.5. The second kappa shape index (κ2) is 52.4. The van der Waals surface area contributed by atoms with Crippen molar-refractivity contribution in [3.05, 3.63) is 214 Å². The summed E-state index contributed by atoms with van der Waals surface area (Å²) in [7, 11) is 0. The monoisotopic (exact) mass is 1470 g/mol. The van der Waals surface area contributed by atoms with Crippen LogP contribution in [0.4, 0.5) is 0 Å². The van der Waals surface area contributed by atoms with Gasteiger partial charge in [-0.1, -0.05) is 316 Å². The minimum atomic E-state index is 0.301. The van der Waals surface area contributed by atoms with Gasteiger partial charge in [0.05, 0.1) is 47.4 Å². The molecule has 106 heavy (non-hydrogen) atoms. The van der Waals surface area contributed by atoms with Crippen LogP contribution < -0.4 is 18.9 Å². The molecule has 8 bridgehead atoms. The number of nitrogens with zero attached hydrogens (tertiary/aromatic N) is 4. The van der Waals surface area contributed by atoms with Gasteiger partial charge in [0.25, 0.3) is 0 Å². The van der Waals surface area contributed by atoms with Crippen LogP contribution in [0.15, 0.2) is 158 Å². The average Bonchev–Trinajstić information content (AvgIpc) is 0.787. The van der Waals surface area contributed by atoms with Gasteiger partial charge in [-0.25, -0.2) is 9.97 Å². The predicted octanol–water partition coefficient (Wildman–Crippen LogP) is 27.5. The molecule has 0 saturated heterocycles. The summed E-state index contributed by atoms with van der Waals surface area (Å²) in [5.74, 6) is 9.02. The Bertz CT molecular complexity index is 3300. The number of hydrogen-bond acceptors (Lipinski definition) is 10. The molecule has 572 valence electrons. The van der Waals surface area contributed by atoms with Crippen molar-refractivity contribution in [2.75, 3.05) is 36.2 Å². The summed E-state index contributed by atoms with van der Waals surface area (Å²) < 4.78 is 28.8. The van der Waals surface area contributed by atoms with E-state index in [0.717, 1.165) is 127 Å². The van der Waals surface area contributed by atoms with E-state index in [1.54, 1.807) is 0 Å². The van der Waals surface area contributed by atoms with Gasteiger partial charge < -0.3 is 18.9 Å². The first-order chi connectivity index (χ1) is 52.6. The van der Waals surface area contributed by atoms with Crippen LogP contribution in [-0.4, -0.2) is 56.2 Å². The molecule has 4 aromatic carbocycles. The van der Waals surface area contributed by atoms with Gasteiger partial charge in [0.2, 0.25) is 0 Å². The molecule has 0 unspecified atom stereocenters. The molecule has 1 aliphatic rings. The minimum absolute atomic E-state index is 0.301. The maximum absolute atomic E-state index is 7.19. The molecule has 0 saturated carbocycles. The first kappa shape index (κ1) is 83.4. The number of pyridine rings is 4. The Balaban J connectivity index is 0.859. The van der Waals surface area contributed by atoms with Crippen LogP contribution in [0.5, 0.6) is 23.0 Å². The molecule has 9 rings (SSSR count). The van der Waals surface area contributed by atoms with E-state index < -0.39 is 0 Å². The van der Waals surface area contributed by atoms with Crippen molar-refractivity contribution in [3.63, 3.8) is 0 Å². The van der Waals surface area contributed by atoms with Gasteiger partial charge in [0.15, 0.2) is 0 Å². The zero-order valence-electron chi connectivity index (χ0n) is 65.6. The molecule has 4 heterocycles. The highest BCUT2D eigenvalue weighted by Crippen LogP contribution is 2.40. The summed E-state index contributed by atoms with van der Waals surface area (Å²) in [5.41, 5.74) is 14.0. The Morgan fingerprint density at radius 3 is 0.764 bits per heavy atom. The van der Waals surface area contributed by atoms with Crippen LogP contribution in [0.1, 0.15) is 314 Å². The molecule has 1 aliphatic carbocycles. The van der Waals surface area contributed by atoms with Crippen molar-refractivity contribution in [2.24, 2.45) is 0 Å². The molecule has 8 aromatic rings. The Hall–Kier alpha value is -6.62. The maximum atomic E-state index is 7.19. The molecule has 0 N–H and O–H groups in total. The second-order valence-electron chi connectivity index (χ2n) is 30.0. The van der Waals surface area contributed by atoms with Crippen LogP contribution in [0, 0.1) is 0 Å². The number of thioether (sulfide) groups is 2. The van der Waals surface area contributed by atoms with E-state index in [2.05, 4.69) is 144 Å². The number of para-hydroxylation sites is 4. The molecule has 0 fully saturated rings. The van der Waals surface area contributed by atoms with Crippen molar-refractivity contribution < 1.29 is 18.9 Å². The van der Waals surface area contributed by atoms with E-state index in [1.165, 1.54) is 241 Å². The van der Waals surface area contributed by atoms with E-state index in [1.807, 2.05) is 60.9 Å². The largest absolute Gasteiger partial charge is 0.493 e. The van der Waals surface area contributed by atoms with Gasteiger partial charge in [-0.3, -0.25) is 9.97 Å². The molecular formula is C96H132N4O4S2. The number of ether oxygens (including phenoxy) is 4. The zero-order valence-corrected chi connectivity index (χ0v) is 67.2. The number of fused-ring (bicyclic) bond motifs is 8. The normalized spacial score (nSPS) is 12.0. The molecule has 10 heteroatoms. The molecule has 0 atom stereocenters. The Kier molecular flexibility index (Phi) is 41.3. The second-order valence-corrected chi connectivity index (χ2v) is 32.5. The van der Waals surface area contributed by atoms with Crippen LogP contribution >= 0.6 is 23.5 Å². The highest BCUT2D eigenvalue weighted by atomic mass is 32.2. The summed E-state index contributed by atoms with van der Waals surface area (Å²) in [5, 5.41) is 0. The molecule has 0 spiro atoms. The number of benzene rings is 4. The fraction of sp³-hybridized carbons (Fsp3) is 0.542. The van der Waals surface area contributed by atoms with Crippen LogP contribution in [-0.2, 0) is 38.9 Å². The van der Waals surface area contributed by atoms with Crippen LogP contribution in [0.25, 0.3) is 22.8 Å². The fourth-order valence-corrected chi connectivity index (χ4v) is 17.0. The SMILES string of the molecule is CCCCCCCCCCCCSCCCCCCCCCCCOc1c2cccc1Cc1cccc(c1OCc1cccc(-c3ccccn3)n1)Cc1cccc(c1OCCCCCCCCCCCSCCCCCCCCCCCC)Cc1cccc(c1OCc1cccc(-c3ccccn3)n1)C2. The lowest BCUT2D eigenvalue weighted by atomic mass is 9.91. The summed E-state index contributed by atoms with van der Waals surface area (Å²) in [6.45, 7) is 6.52. The highest BCUT2D eigenvalue weighted by molar-refractivity contribution is 7.99. The van der Waals surface area contributed by atoms with Crippen LogP contribution in [0.2, 0.25) is 0 Å². The standard InChI is InChI=1S/C96H132N4O4S2/c1-3-5-7-9-11-13-19-25-31-41-69-105-71-43-33-27-21-15-17-23-29-39-67-101-93-79-51-45-52-80(93)74-84-56-48-58-86(96(84)104-78-88-60-50-64-92(100-88)90-62-36-38-66-98-90)76-82-54-46-53-81(75-85-57-47-55-83(73-79)95(85)103-77-87-59-49-63-91(99-87)89-61-35-37-65-97-89)94(82)102-68-40-30-24-18-16-22-28-34-44-72-106-70-42-32-26-20-14-12-10-8-6-4-2/h35-38,45-66H,3-34,39-44,67-78H2,1-2H3. The predicted molar refractivity (Wildman–Crippen MR) is 453 cm³/mol. The van der Waals surface area contributed by atoms with Crippen molar-refractivity contribution in [3.8, 4) is 45.8 Å². The van der Waals surface area contributed by atoms with Gasteiger partial charge >= 0.3 is 0 Å². The van der Waals surface area contributed by atoms with Crippen molar-refractivity contribution in [1.29, 1.82) is 0 Å². The summed E-state index contributed by atoms with van der Waals surface area (Å²) in [6, 6.07) is 51.1. The molecule has 0 radical (unpaired) electrons. The Morgan fingerprint density at radius 1 is 0.245 bits per heavy atom. The van der Waals surface area contributed by atoms with E-state index in [-0.39, 0.29) is 0 Å². The Morgan fingerprint density at radius 2 is 0.491 bits per heavy atom. The molecule has 0 aliphatic heterocycles. The topological polar surface area (TPSA) is 88.5 Å². The van der Waals surface area contributed by atoms with Crippen molar-refractivity contribution in [2.45, 2.75) is 297 Å². The average molecular weight is 1470 g/mol. The first-order valence-corrected chi connectivity index (χ1v) is 44.8. The van der Waals surface area contributed by atoms with Gasteiger partial charge in [0, 0.05) is 38.1 Å². The lowest BCUT2D eigenvalue weighted by Gasteiger charge is -2.23. The molecule has 8 nitrogen and oxygen atoms in total. The summed E-state index contributed by atoms with van der Waals surface area (Å²) in [6.07, 6.45) is 57.4. The molecular weight excluding hydrogens is 1340 g/mol. The van der Waals surface area contributed by atoms with E-state index >= 15 is 0 Å². The minimum Gasteiger partial charge on any atom is -0.493 e. The fourth-order valence-electron chi connectivity index (χ4n) is 15.0. The third-order valence-corrected chi connectivity index (χ3v) is 23.4. The molecule has 4 aromatic heterocycles. The van der Waals surface area contributed by atoms with Crippen molar-refractivity contribution >= 4 is 23.5 Å². The quantitative estimate of drug-likeness (QED) is 0.0344. The van der Waals surface area contributed by atoms with E-state index in [9.17, 15) is 0 Å². The maximum Gasteiger partial charge on any atom is 0.130 e. The lowest BCUT2D eigenvalue weighted by Crippen LogP contribution is -2.10. The van der Waals surface area contributed by atoms with Gasteiger partial charge in [-0.2, -0.15) is 23.5 Å². The Labute approximate surface area is 650 Å². The smallest absolute Gasteiger partial charge is 0.130 e. The summed E-state index contributed by atoms with van der Waals surface area (Å²) >= 11 is 4.38. The third-order valence-electron chi connectivity index (χ3n) is 21.1. The van der Waals surface area contributed by atoms with E-state index in [4.69, 9.17) is 28.9 Å².